The molecule has 0 aromatic heterocycles. The van der Waals surface area contributed by atoms with Gasteiger partial charge in [0.2, 0.25) is 5.78 Å². The van der Waals surface area contributed by atoms with Gasteiger partial charge in [0.25, 0.3) is 5.91 Å². The molecule has 0 heterocycles. The van der Waals surface area contributed by atoms with E-state index in [1.54, 1.807) is 42.5 Å². The summed E-state index contributed by atoms with van der Waals surface area (Å²) in [5.74, 6) is -0.646. The fraction of sp³-hybridized carbons (Fsp3) is 0. The van der Waals surface area contributed by atoms with Crippen molar-refractivity contribution in [3.63, 3.8) is 0 Å². The summed E-state index contributed by atoms with van der Waals surface area (Å²) in [6.45, 7) is 0. The quantitative estimate of drug-likeness (QED) is 0.532. The standard InChI is InChI=1S/C15H11BrN2O2/c16-13-9-5-4-8-12(13)15(20)18-17-10-14(19)11-6-2-1-3-7-11/h1-10H,(H,18,20). The van der Waals surface area contributed by atoms with E-state index in [0.717, 1.165) is 6.21 Å². The highest BCUT2D eigenvalue weighted by atomic mass is 79.9. The van der Waals surface area contributed by atoms with Crippen molar-refractivity contribution in [2.24, 2.45) is 5.10 Å². The molecule has 1 amide bonds. The Morgan fingerprint density at radius 2 is 1.65 bits per heavy atom. The van der Waals surface area contributed by atoms with Crippen LogP contribution in [0.25, 0.3) is 0 Å². The van der Waals surface area contributed by atoms with E-state index in [1.165, 1.54) is 0 Å². The van der Waals surface area contributed by atoms with Crippen LogP contribution in [0.4, 0.5) is 0 Å². The molecule has 0 aliphatic heterocycles. The topological polar surface area (TPSA) is 58.5 Å². The van der Waals surface area contributed by atoms with Crippen molar-refractivity contribution in [1.82, 2.24) is 5.43 Å². The molecule has 0 radical (unpaired) electrons. The van der Waals surface area contributed by atoms with Crippen molar-refractivity contribution >= 4 is 33.8 Å². The average Bonchev–Trinajstić information content (AvgIpc) is 2.48. The molecule has 4 nitrogen and oxygen atoms in total. The maximum Gasteiger partial charge on any atom is 0.272 e. The van der Waals surface area contributed by atoms with Gasteiger partial charge in [-0.25, -0.2) is 5.43 Å². The number of nitrogens with zero attached hydrogens (tertiary/aromatic N) is 1. The van der Waals surface area contributed by atoms with Crippen molar-refractivity contribution in [1.29, 1.82) is 0 Å². The summed E-state index contributed by atoms with van der Waals surface area (Å²) < 4.78 is 0.669. The molecule has 0 saturated carbocycles. The van der Waals surface area contributed by atoms with E-state index in [1.807, 2.05) is 12.1 Å². The molecule has 2 aromatic rings. The largest absolute Gasteiger partial charge is 0.287 e. The van der Waals surface area contributed by atoms with Crippen LogP contribution < -0.4 is 5.43 Å². The first-order chi connectivity index (χ1) is 9.68. The van der Waals surface area contributed by atoms with Gasteiger partial charge in [-0.15, -0.1) is 0 Å². The molecule has 2 rings (SSSR count). The van der Waals surface area contributed by atoms with Crippen molar-refractivity contribution in [2.75, 3.05) is 0 Å². The van der Waals surface area contributed by atoms with E-state index in [4.69, 9.17) is 0 Å². The molecule has 0 unspecified atom stereocenters. The summed E-state index contributed by atoms with van der Waals surface area (Å²) in [5.41, 5.74) is 3.30. The lowest BCUT2D eigenvalue weighted by atomic mass is 10.1. The number of Topliss-reactive ketones (excluding diaryl/α,β-unsaturated/α-hetero) is 1. The van der Waals surface area contributed by atoms with Crippen molar-refractivity contribution in [3.8, 4) is 0 Å². The van der Waals surface area contributed by atoms with Crippen molar-refractivity contribution in [2.45, 2.75) is 0 Å². The number of amides is 1. The minimum Gasteiger partial charge on any atom is -0.287 e. The summed E-state index contributed by atoms with van der Waals surface area (Å²) in [6, 6.07) is 15.7. The van der Waals surface area contributed by atoms with Gasteiger partial charge in [-0.3, -0.25) is 9.59 Å². The number of carbonyl (C=O) groups excluding carboxylic acids is 2. The predicted molar refractivity (Wildman–Crippen MR) is 80.9 cm³/mol. The molecule has 0 bridgehead atoms. The van der Waals surface area contributed by atoms with E-state index in [9.17, 15) is 9.59 Å². The number of hydrazone groups is 1. The Morgan fingerprint density at radius 3 is 2.35 bits per heavy atom. The number of hydrogen-bond donors (Lipinski definition) is 1. The number of nitrogens with one attached hydrogen (secondary N) is 1. The molecule has 0 atom stereocenters. The Hall–Kier alpha value is -2.27. The number of hydrogen-bond acceptors (Lipinski definition) is 3. The first-order valence-electron chi connectivity index (χ1n) is 5.86. The third-order valence-electron chi connectivity index (χ3n) is 2.52. The molecule has 0 spiro atoms. The fourth-order valence-electron chi connectivity index (χ4n) is 1.53. The number of rotatable bonds is 4. The zero-order valence-corrected chi connectivity index (χ0v) is 12.0. The van der Waals surface area contributed by atoms with Crippen LogP contribution in [0.5, 0.6) is 0 Å². The molecule has 20 heavy (non-hydrogen) atoms. The van der Waals surface area contributed by atoms with Gasteiger partial charge in [0.1, 0.15) is 0 Å². The second-order valence-electron chi connectivity index (χ2n) is 3.91. The van der Waals surface area contributed by atoms with Gasteiger partial charge >= 0.3 is 0 Å². The molecular formula is C15H11BrN2O2. The summed E-state index contributed by atoms with van der Waals surface area (Å²) in [4.78, 5) is 23.5. The second-order valence-corrected chi connectivity index (χ2v) is 4.76. The van der Waals surface area contributed by atoms with Crippen LogP contribution in [-0.4, -0.2) is 17.9 Å². The molecule has 5 heteroatoms. The van der Waals surface area contributed by atoms with Crippen LogP contribution >= 0.6 is 15.9 Å². The van der Waals surface area contributed by atoms with E-state index >= 15 is 0 Å². The van der Waals surface area contributed by atoms with Crippen LogP contribution in [-0.2, 0) is 0 Å². The number of benzene rings is 2. The monoisotopic (exact) mass is 330 g/mol. The minimum absolute atomic E-state index is 0.266. The third-order valence-corrected chi connectivity index (χ3v) is 3.22. The van der Waals surface area contributed by atoms with Crippen molar-refractivity contribution in [3.05, 3.63) is 70.2 Å². The van der Waals surface area contributed by atoms with Gasteiger partial charge in [-0.1, -0.05) is 42.5 Å². The number of carbonyl (C=O) groups is 2. The van der Waals surface area contributed by atoms with Gasteiger partial charge in [0.05, 0.1) is 11.8 Å². The minimum atomic E-state index is -0.380. The first kappa shape index (κ1) is 14.1. The summed E-state index contributed by atoms with van der Waals surface area (Å²) in [7, 11) is 0. The van der Waals surface area contributed by atoms with Gasteiger partial charge < -0.3 is 0 Å². The normalized spacial score (nSPS) is 10.4. The maximum atomic E-state index is 11.8. The molecule has 2 aromatic carbocycles. The maximum absolute atomic E-state index is 11.8. The molecule has 100 valence electrons. The summed E-state index contributed by atoms with van der Waals surface area (Å²) in [5, 5.41) is 3.67. The summed E-state index contributed by atoms with van der Waals surface area (Å²) >= 11 is 3.27. The zero-order valence-electron chi connectivity index (χ0n) is 10.4. The smallest absolute Gasteiger partial charge is 0.272 e. The van der Waals surface area contributed by atoms with Gasteiger partial charge in [0.15, 0.2) is 0 Å². The SMILES string of the molecule is O=C(C=NNC(=O)c1ccccc1Br)c1ccccc1. The van der Waals surface area contributed by atoms with Crippen LogP contribution in [0.2, 0.25) is 0 Å². The Labute approximate surface area is 124 Å². The third kappa shape index (κ3) is 3.61. The lowest BCUT2D eigenvalue weighted by molar-refractivity contribution is 0.0954. The Morgan fingerprint density at radius 1 is 1.00 bits per heavy atom. The van der Waals surface area contributed by atoms with E-state index in [-0.39, 0.29) is 11.7 Å². The van der Waals surface area contributed by atoms with E-state index in [0.29, 0.717) is 15.6 Å². The first-order valence-corrected chi connectivity index (χ1v) is 6.65. The van der Waals surface area contributed by atoms with Crippen molar-refractivity contribution < 1.29 is 9.59 Å². The average molecular weight is 331 g/mol. The lowest BCUT2D eigenvalue weighted by Gasteiger charge is -2.01. The van der Waals surface area contributed by atoms with Crippen LogP contribution in [0.1, 0.15) is 20.7 Å². The number of halogens is 1. The number of ketones is 1. The fourth-order valence-corrected chi connectivity index (χ4v) is 2.00. The lowest BCUT2D eigenvalue weighted by Crippen LogP contribution is -2.19. The molecule has 0 fully saturated rings. The van der Waals surface area contributed by atoms with Crippen LogP contribution in [0.3, 0.4) is 0 Å². The molecule has 1 N–H and O–H groups in total. The highest BCUT2D eigenvalue weighted by molar-refractivity contribution is 9.10. The molecule has 0 saturated heterocycles. The molecule has 0 aliphatic carbocycles. The highest BCUT2D eigenvalue weighted by Crippen LogP contribution is 2.15. The van der Waals surface area contributed by atoms with Gasteiger partial charge in [-0.05, 0) is 28.1 Å². The molecular weight excluding hydrogens is 320 g/mol. The Balaban J connectivity index is 1.99. The van der Waals surface area contributed by atoms with Gasteiger partial charge in [0, 0.05) is 10.0 Å². The van der Waals surface area contributed by atoms with Crippen LogP contribution in [0, 0.1) is 0 Å². The van der Waals surface area contributed by atoms with Crippen LogP contribution in [0.15, 0.2) is 64.2 Å². The zero-order chi connectivity index (χ0) is 14.4. The summed E-state index contributed by atoms with van der Waals surface area (Å²) in [6.07, 6.45) is 1.09. The van der Waals surface area contributed by atoms with E-state index in [2.05, 4.69) is 26.5 Å². The molecule has 0 aliphatic rings. The van der Waals surface area contributed by atoms with Gasteiger partial charge in [-0.2, -0.15) is 5.10 Å². The van der Waals surface area contributed by atoms with E-state index < -0.39 is 0 Å². The highest BCUT2D eigenvalue weighted by Gasteiger charge is 2.08. The Kier molecular flexibility index (Phi) is 4.79. The second kappa shape index (κ2) is 6.77. The predicted octanol–water partition coefficient (Wildman–Crippen LogP) is 3.05. The Bertz CT molecular complexity index is 654.